The number of nitrogens with one attached hydrogen (secondary N) is 1. The minimum Gasteiger partial charge on any atom is -0.476 e. The number of carbonyl (C=O) groups excluding carboxylic acids is 1. The molecular formula is C20H33N6O7PS. The third-order valence-electron chi connectivity index (χ3n) is 5.35. The van der Waals surface area contributed by atoms with Crippen molar-refractivity contribution in [1.82, 2.24) is 24.6 Å². The quantitative estimate of drug-likeness (QED) is 0.268. The molecule has 0 aliphatic carbocycles. The van der Waals surface area contributed by atoms with E-state index in [9.17, 15) is 14.5 Å². The van der Waals surface area contributed by atoms with Gasteiger partial charge in [0.25, 0.3) is 0 Å². The lowest BCUT2D eigenvalue weighted by atomic mass is 10.0. The Kier molecular flexibility index (Phi) is 9.35. The van der Waals surface area contributed by atoms with E-state index in [1.807, 2.05) is 20.8 Å². The first-order valence-corrected chi connectivity index (χ1v) is 14.6. The van der Waals surface area contributed by atoms with Crippen molar-refractivity contribution in [3.8, 4) is 5.88 Å². The van der Waals surface area contributed by atoms with Gasteiger partial charge in [0.05, 0.1) is 32.3 Å². The second-order valence-corrected chi connectivity index (χ2v) is 12.4. The average molecular weight is 533 g/mol. The summed E-state index contributed by atoms with van der Waals surface area (Å²) in [5.41, 5.74) is 6.68. The maximum absolute atomic E-state index is 13.3. The number of fused-ring (bicyclic) bond motifs is 1. The number of nitrogen functional groups attached to an aromatic ring is 1. The third kappa shape index (κ3) is 6.25. The number of nitrogens with two attached hydrogens (primary N) is 1. The molecule has 2 aromatic heterocycles. The molecule has 35 heavy (non-hydrogen) atoms. The van der Waals surface area contributed by atoms with Crippen LogP contribution >= 0.6 is 18.1 Å². The zero-order chi connectivity index (χ0) is 25.8. The van der Waals surface area contributed by atoms with Gasteiger partial charge in [-0.3, -0.25) is 13.9 Å². The molecule has 0 amide bonds. The Morgan fingerprint density at radius 1 is 1.37 bits per heavy atom. The van der Waals surface area contributed by atoms with E-state index in [1.165, 1.54) is 6.33 Å². The highest BCUT2D eigenvalue weighted by molar-refractivity contribution is 8.56. The number of ether oxygens (including phenoxy) is 3. The lowest BCUT2D eigenvalue weighted by Gasteiger charge is -2.24. The van der Waals surface area contributed by atoms with Crippen molar-refractivity contribution >= 4 is 41.2 Å². The molecule has 2 aromatic rings. The number of rotatable bonds is 12. The van der Waals surface area contributed by atoms with E-state index in [1.54, 1.807) is 18.4 Å². The van der Waals surface area contributed by atoms with Crippen molar-refractivity contribution in [1.29, 1.82) is 0 Å². The highest BCUT2D eigenvalue weighted by atomic mass is 32.7. The SMILES string of the molecule is CCOC(=O)[C@@H](C)NP(=O)(OC[C@H]1O[C@@H](n2cnc3c(OCC)nc(N)nc32)[C@@H](C)[C@@H]1O)SCC. The lowest BCUT2D eigenvalue weighted by molar-refractivity contribution is -0.144. The Balaban J connectivity index is 1.75. The Morgan fingerprint density at radius 3 is 2.77 bits per heavy atom. The van der Waals surface area contributed by atoms with Gasteiger partial charge in [-0.05, 0) is 20.8 Å². The summed E-state index contributed by atoms with van der Waals surface area (Å²) < 4.78 is 37.3. The van der Waals surface area contributed by atoms with E-state index >= 15 is 0 Å². The third-order valence-corrected chi connectivity index (χ3v) is 9.56. The van der Waals surface area contributed by atoms with Crippen LogP contribution in [0.15, 0.2) is 6.33 Å². The first-order valence-electron chi connectivity index (χ1n) is 11.4. The molecule has 6 atom stereocenters. The van der Waals surface area contributed by atoms with Crippen LogP contribution in [0.25, 0.3) is 11.2 Å². The van der Waals surface area contributed by atoms with Crippen LogP contribution in [0.4, 0.5) is 5.95 Å². The van der Waals surface area contributed by atoms with Crippen molar-refractivity contribution in [2.75, 3.05) is 31.3 Å². The van der Waals surface area contributed by atoms with Crippen molar-refractivity contribution in [2.45, 2.75) is 59.1 Å². The van der Waals surface area contributed by atoms with E-state index in [-0.39, 0.29) is 31.0 Å². The van der Waals surface area contributed by atoms with Crippen molar-refractivity contribution in [3.05, 3.63) is 6.33 Å². The number of carbonyl (C=O) groups is 1. The smallest absolute Gasteiger partial charge is 0.327 e. The summed E-state index contributed by atoms with van der Waals surface area (Å²) in [6.45, 7) is 5.65. The van der Waals surface area contributed by atoms with Crippen molar-refractivity contribution in [3.63, 3.8) is 0 Å². The van der Waals surface area contributed by atoms with Gasteiger partial charge in [-0.25, -0.2) is 10.1 Å². The molecule has 3 rings (SSSR count). The number of imidazole rings is 1. The molecule has 1 saturated heterocycles. The molecule has 15 heteroatoms. The summed E-state index contributed by atoms with van der Waals surface area (Å²) in [5.74, 6) is -0.139. The molecule has 13 nitrogen and oxygen atoms in total. The molecule has 1 aliphatic heterocycles. The van der Waals surface area contributed by atoms with Crippen LogP contribution in [-0.2, 0) is 23.4 Å². The van der Waals surface area contributed by atoms with Gasteiger partial charge in [-0.15, -0.1) is 0 Å². The van der Waals surface area contributed by atoms with Gasteiger partial charge in [0.1, 0.15) is 18.4 Å². The molecular weight excluding hydrogens is 499 g/mol. The fraction of sp³-hybridized carbons (Fsp3) is 0.700. The Hall–Kier alpha value is -1.96. The van der Waals surface area contributed by atoms with Crippen LogP contribution in [0.5, 0.6) is 5.88 Å². The normalized spacial score (nSPS) is 24.9. The lowest BCUT2D eigenvalue weighted by Crippen LogP contribution is -2.35. The number of aliphatic hydroxyl groups excluding tert-OH is 1. The molecule has 4 N–H and O–H groups in total. The van der Waals surface area contributed by atoms with E-state index in [4.69, 9.17) is 24.5 Å². The van der Waals surface area contributed by atoms with Gasteiger partial charge in [0.2, 0.25) is 11.8 Å². The predicted octanol–water partition coefficient (Wildman–Crippen LogP) is 2.12. The molecule has 0 bridgehead atoms. The maximum atomic E-state index is 13.3. The van der Waals surface area contributed by atoms with Crippen molar-refractivity contribution in [2.24, 2.45) is 5.92 Å². The number of anilines is 1. The Bertz CT molecular complexity index is 1070. The fourth-order valence-corrected chi connectivity index (χ4v) is 7.30. The molecule has 1 fully saturated rings. The fourth-order valence-electron chi connectivity index (χ4n) is 3.69. The minimum absolute atomic E-state index is 0.0214. The standard InChI is InChI=1S/C20H33N6O7PS/c1-6-30-17-14-16(23-20(21)24-17)26(10-22-14)18-11(4)15(27)13(33-18)9-32-34(29,35-8-3)25-12(5)19(28)31-7-2/h10-13,15,18,27H,6-9H2,1-5H3,(H,25,29)(H2,21,23,24)/t11-,12+,13+,15-,18+,34?/m0/s1. The van der Waals surface area contributed by atoms with E-state index < -0.39 is 37.2 Å². The van der Waals surface area contributed by atoms with Crippen LogP contribution in [0.1, 0.15) is 40.8 Å². The van der Waals surface area contributed by atoms with Gasteiger partial charge in [-0.2, -0.15) is 9.97 Å². The number of aliphatic hydroxyl groups is 1. The van der Waals surface area contributed by atoms with Crippen LogP contribution in [-0.4, -0.2) is 74.4 Å². The largest absolute Gasteiger partial charge is 0.476 e. The molecule has 1 unspecified atom stereocenters. The van der Waals surface area contributed by atoms with Gasteiger partial charge >= 0.3 is 12.7 Å². The zero-order valence-corrected chi connectivity index (χ0v) is 22.1. The summed E-state index contributed by atoms with van der Waals surface area (Å²) in [4.78, 5) is 24.7. The zero-order valence-electron chi connectivity index (χ0n) is 20.4. The Morgan fingerprint density at radius 2 is 2.11 bits per heavy atom. The molecule has 0 radical (unpaired) electrons. The van der Waals surface area contributed by atoms with Crippen LogP contribution in [0, 0.1) is 5.92 Å². The Labute approximate surface area is 207 Å². The summed E-state index contributed by atoms with van der Waals surface area (Å²) in [6.07, 6.45) is -0.829. The van der Waals surface area contributed by atoms with Crippen LogP contribution < -0.4 is 15.6 Å². The average Bonchev–Trinajstić information content (AvgIpc) is 3.34. The number of esters is 1. The van der Waals surface area contributed by atoms with E-state index in [2.05, 4.69) is 20.0 Å². The second kappa shape index (κ2) is 11.8. The number of aromatic nitrogens is 4. The van der Waals surface area contributed by atoms with Gasteiger partial charge < -0.3 is 29.6 Å². The predicted molar refractivity (Wildman–Crippen MR) is 131 cm³/mol. The topological polar surface area (TPSA) is 173 Å². The van der Waals surface area contributed by atoms with E-state index in [0.717, 1.165) is 11.4 Å². The second-order valence-electron chi connectivity index (χ2n) is 7.87. The molecule has 0 spiro atoms. The summed E-state index contributed by atoms with van der Waals surface area (Å²) >= 11 is 1.05. The van der Waals surface area contributed by atoms with Gasteiger partial charge in [0, 0.05) is 11.7 Å². The molecule has 0 aromatic carbocycles. The number of hydrogen-bond donors (Lipinski definition) is 3. The number of hydrogen-bond acceptors (Lipinski definition) is 12. The van der Waals surface area contributed by atoms with Crippen LogP contribution in [0.2, 0.25) is 0 Å². The summed E-state index contributed by atoms with van der Waals surface area (Å²) in [6, 6.07) is -0.831. The molecule has 3 heterocycles. The minimum atomic E-state index is -3.49. The highest BCUT2D eigenvalue weighted by Crippen LogP contribution is 2.56. The summed E-state index contributed by atoms with van der Waals surface area (Å²) in [5, 5.41) is 13.6. The van der Waals surface area contributed by atoms with Gasteiger partial charge in [0.15, 0.2) is 11.2 Å². The first-order chi connectivity index (χ1) is 16.6. The highest BCUT2D eigenvalue weighted by Gasteiger charge is 2.44. The number of nitrogens with zero attached hydrogens (tertiary/aromatic N) is 4. The molecule has 0 saturated carbocycles. The maximum Gasteiger partial charge on any atom is 0.327 e. The monoisotopic (exact) mass is 532 g/mol. The van der Waals surface area contributed by atoms with Crippen LogP contribution in [0.3, 0.4) is 0 Å². The molecule has 196 valence electrons. The molecule has 1 aliphatic rings. The van der Waals surface area contributed by atoms with Gasteiger partial charge in [-0.1, -0.05) is 25.2 Å². The van der Waals surface area contributed by atoms with E-state index in [0.29, 0.717) is 23.5 Å². The van der Waals surface area contributed by atoms with Crippen molar-refractivity contribution < 1.29 is 33.2 Å². The summed E-state index contributed by atoms with van der Waals surface area (Å²) in [7, 11) is 0. The first kappa shape index (κ1) is 27.6.